The predicted molar refractivity (Wildman–Crippen MR) is 100 cm³/mol. The summed E-state index contributed by atoms with van der Waals surface area (Å²) >= 11 is 1.37. The Balaban J connectivity index is 2.02. The van der Waals surface area contributed by atoms with Crippen molar-refractivity contribution in [1.82, 2.24) is 4.98 Å². The van der Waals surface area contributed by atoms with Crippen LogP contribution in [0.3, 0.4) is 0 Å². The highest BCUT2D eigenvalue weighted by atomic mass is 32.1. The second kappa shape index (κ2) is 9.17. The lowest BCUT2D eigenvalue weighted by atomic mass is 10.0. The number of rotatable bonds is 8. The van der Waals surface area contributed by atoms with E-state index in [4.69, 9.17) is 5.11 Å². The molecule has 4 atom stereocenters. The van der Waals surface area contributed by atoms with Crippen molar-refractivity contribution >= 4 is 22.7 Å². The van der Waals surface area contributed by atoms with Gasteiger partial charge in [-0.1, -0.05) is 29.8 Å². The van der Waals surface area contributed by atoms with Gasteiger partial charge in [0.1, 0.15) is 24.4 Å². The number of hydrogen-bond acceptors (Lipinski definition) is 9. The first kappa shape index (κ1) is 20.4. The lowest BCUT2D eigenvalue weighted by Crippen LogP contribution is -2.46. The van der Waals surface area contributed by atoms with Gasteiger partial charge < -0.3 is 25.5 Å². The Kier molecular flexibility index (Phi) is 7.21. The first-order valence-electron chi connectivity index (χ1n) is 7.97. The molecule has 0 bridgehead atoms. The van der Waals surface area contributed by atoms with Gasteiger partial charge in [-0.25, -0.2) is 9.99 Å². The van der Waals surface area contributed by atoms with Gasteiger partial charge in [-0.3, -0.25) is 0 Å². The van der Waals surface area contributed by atoms with Gasteiger partial charge in [0.15, 0.2) is 0 Å². The van der Waals surface area contributed by atoms with Crippen molar-refractivity contribution in [2.24, 2.45) is 5.10 Å². The number of aryl methyl sites for hydroxylation is 1. The minimum Gasteiger partial charge on any atom is -0.394 e. The third kappa shape index (κ3) is 5.07. The van der Waals surface area contributed by atoms with Crippen LogP contribution in [-0.2, 0) is 0 Å². The van der Waals surface area contributed by atoms with Gasteiger partial charge in [0.25, 0.3) is 0 Å². The van der Waals surface area contributed by atoms with E-state index in [1.54, 1.807) is 7.05 Å². The Morgan fingerprint density at radius 3 is 2.42 bits per heavy atom. The molecule has 0 spiro atoms. The van der Waals surface area contributed by atoms with Crippen LogP contribution in [0, 0.1) is 6.92 Å². The van der Waals surface area contributed by atoms with Gasteiger partial charge in [0, 0.05) is 18.0 Å². The molecule has 0 aliphatic heterocycles. The Labute approximate surface area is 155 Å². The van der Waals surface area contributed by atoms with E-state index in [2.05, 4.69) is 10.1 Å². The largest absolute Gasteiger partial charge is 0.394 e. The Morgan fingerprint density at radius 2 is 1.81 bits per heavy atom. The monoisotopic (exact) mass is 381 g/mol. The summed E-state index contributed by atoms with van der Waals surface area (Å²) in [4.78, 5) is 4.47. The van der Waals surface area contributed by atoms with E-state index < -0.39 is 31.0 Å². The first-order valence-corrected chi connectivity index (χ1v) is 8.85. The van der Waals surface area contributed by atoms with Crippen LogP contribution in [0.5, 0.6) is 0 Å². The van der Waals surface area contributed by atoms with Crippen LogP contribution in [0.4, 0.5) is 5.13 Å². The third-order valence-electron chi connectivity index (χ3n) is 3.79. The zero-order valence-corrected chi connectivity index (χ0v) is 15.3. The van der Waals surface area contributed by atoms with Crippen molar-refractivity contribution in [2.75, 3.05) is 18.7 Å². The summed E-state index contributed by atoms with van der Waals surface area (Å²) in [6.07, 6.45) is -5.43. The molecule has 0 fully saturated rings. The SMILES string of the molecule is Cc1ccc(-c2csc(N(C)/N=C/[C@H](O)[C@@H](O)[C@H](O)[C@H](O)CO)n2)cc1. The number of aromatic nitrogens is 1. The molecule has 1 aromatic carbocycles. The summed E-state index contributed by atoms with van der Waals surface area (Å²) < 4.78 is 0. The van der Waals surface area contributed by atoms with Crippen molar-refractivity contribution in [2.45, 2.75) is 31.3 Å². The van der Waals surface area contributed by atoms with Crippen LogP contribution >= 0.6 is 11.3 Å². The molecule has 0 radical (unpaired) electrons. The minimum atomic E-state index is -1.69. The highest BCUT2D eigenvalue weighted by Crippen LogP contribution is 2.27. The quantitative estimate of drug-likeness (QED) is 0.321. The number of hydrazone groups is 1. The van der Waals surface area contributed by atoms with Gasteiger partial charge in [0.05, 0.1) is 18.5 Å². The molecule has 2 aromatic rings. The van der Waals surface area contributed by atoms with E-state index in [1.165, 1.54) is 16.3 Å². The summed E-state index contributed by atoms with van der Waals surface area (Å²) in [6.45, 7) is 1.28. The summed E-state index contributed by atoms with van der Waals surface area (Å²) in [5.41, 5.74) is 2.94. The Bertz CT molecular complexity index is 721. The fraction of sp³-hybridized carbons (Fsp3) is 0.412. The molecule has 9 heteroatoms. The molecular formula is C17H23N3O5S. The van der Waals surface area contributed by atoms with Crippen LogP contribution in [-0.4, -0.2) is 74.8 Å². The van der Waals surface area contributed by atoms with Crippen LogP contribution in [0.15, 0.2) is 34.7 Å². The number of nitrogens with zero attached hydrogens (tertiary/aromatic N) is 3. The van der Waals surface area contributed by atoms with Crippen LogP contribution in [0.1, 0.15) is 5.56 Å². The van der Waals surface area contributed by atoms with Crippen molar-refractivity contribution in [3.05, 3.63) is 35.2 Å². The second-order valence-electron chi connectivity index (χ2n) is 5.89. The highest BCUT2D eigenvalue weighted by Gasteiger charge is 2.29. The molecule has 2 rings (SSSR count). The number of benzene rings is 1. The number of aliphatic hydroxyl groups is 5. The zero-order chi connectivity index (χ0) is 19.3. The molecule has 1 heterocycles. The van der Waals surface area contributed by atoms with Crippen LogP contribution < -0.4 is 5.01 Å². The van der Waals surface area contributed by atoms with Crippen molar-refractivity contribution in [1.29, 1.82) is 0 Å². The molecular weight excluding hydrogens is 358 g/mol. The standard InChI is InChI=1S/C17H23N3O5S/c1-10-3-5-11(6-4-10)12-9-26-17(19-12)20(2)18-7-13(22)15(24)16(25)14(23)8-21/h3-7,9,13-16,21-25H,8H2,1-2H3/b18-7+/t13-,14+,15+,16+/m0/s1. The summed E-state index contributed by atoms with van der Waals surface area (Å²) in [6, 6.07) is 7.96. The van der Waals surface area contributed by atoms with E-state index in [0.717, 1.165) is 23.0 Å². The first-order chi connectivity index (χ1) is 12.3. The van der Waals surface area contributed by atoms with Gasteiger partial charge in [-0.15, -0.1) is 11.3 Å². The van der Waals surface area contributed by atoms with E-state index >= 15 is 0 Å². The lowest BCUT2D eigenvalue weighted by molar-refractivity contribution is -0.0999. The smallest absolute Gasteiger partial charge is 0.206 e. The fourth-order valence-corrected chi connectivity index (χ4v) is 2.87. The Morgan fingerprint density at radius 1 is 1.15 bits per heavy atom. The topological polar surface area (TPSA) is 130 Å². The molecule has 0 aliphatic rings. The molecule has 0 amide bonds. The summed E-state index contributed by atoms with van der Waals surface area (Å²) in [5.74, 6) is 0. The Hall–Kier alpha value is -1.88. The van der Waals surface area contributed by atoms with Crippen LogP contribution in [0.2, 0.25) is 0 Å². The molecule has 0 aliphatic carbocycles. The summed E-state index contributed by atoms with van der Waals surface area (Å²) in [7, 11) is 1.63. The van der Waals surface area contributed by atoms with Gasteiger partial charge in [-0.05, 0) is 6.92 Å². The van der Waals surface area contributed by atoms with Gasteiger partial charge in [0.2, 0.25) is 5.13 Å². The van der Waals surface area contributed by atoms with E-state index in [9.17, 15) is 20.4 Å². The average Bonchev–Trinajstić information content (AvgIpc) is 3.14. The molecule has 5 N–H and O–H groups in total. The molecule has 8 nitrogen and oxygen atoms in total. The number of anilines is 1. The lowest BCUT2D eigenvalue weighted by Gasteiger charge is -2.23. The fourth-order valence-electron chi connectivity index (χ4n) is 2.11. The van der Waals surface area contributed by atoms with Crippen molar-refractivity contribution in [3.63, 3.8) is 0 Å². The van der Waals surface area contributed by atoms with E-state index in [1.807, 2.05) is 36.6 Å². The molecule has 0 unspecified atom stereocenters. The molecule has 26 heavy (non-hydrogen) atoms. The molecule has 0 saturated carbocycles. The zero-order valence-electron chi connectivity index (χ0n) is 14.5. The maximum Gasteiger partial charge on any atom is 0.206 e. The van der Waals surface area contributed by atoms with Gasteiger partial charge in [-0.2, -0.15) is 5.10 Å². The van der Waals surface area contributed by atoms with Crippen molar-refractivity contribution < 1.29 is 25.5 Å². The predicted octanol–water partition coefficient (Wildman–Crippen LogP) is -0.0236. The van der Waals surface area contributed by atoms with E-state index in [0.29, 0.717) is 5.13 Å². The second-order valence-corrected chi connectivity index (χ2v) is 6.73. The van der Waals surface area contributed by atoms with Crippen LogP contribution in [0.25, 0.3) is 11.3 Å². The molecule has 142 valence electrons. The van der Waals surface area contributed by atoms with Gasteiger partial charge >= 0.3 is 0 Å². The van der Waals surface area contributed by atoms with E-state index in [-0.39, 0.29) is 0 Å². The molecule has 0 saturated heterocycles. The maximum atomic E-state index is 9.84. The highest BCUT2D eigenvalue weighted by molar-refractivity contribution is 7.14. The number of thiazole rings is 1. The third-order valence-corrected chi connectivity index (χ3v) is 4.70. The normalized spacial score (nSPS) is 16.4. The maximum absolute atomic E-state index is 9.84. The average molecular weight is 381 g/mol. The number of aliphatic hydroxyl groups excluding tert-OH is 5. The van der Waals surface area contributed by atoms with Crippen molar-refractivity contribution in [3.8, 4) is 11.3 Å². The minimum absolute atomic E-state index is 0.578. The number of hydrogen-bond donors (Lipinski definition) is 5. The summed E-state index contributed by atoms with van der Waals surface area (Å²) in [5, 5.41) is 55.1. The molecule has 1 aromatic heterocycles.